The van der Waals surface area contributed by atoms with Crippen LogP contribution >= 0.6 is 0 Å². The lowest BCUT2D eigenvalue weighted by Crippen LogP contribution is -2.03. The molecule has 0 spiro atoms. The molecule has 96 valence electrons. The van der Waals surface area contributed by atoms with Crippen molar-refractivity contribution in [1.82, 2.24) is 0 Å². The molecule has 0 aromatic heterocycles. The normalized spacial score (nSPS) is 9.95. The summed E-state index contributed by atoms with van der Waals surface area (Å²) < 4.78 is 25.8. The number of benzene rings is 2. The second kappa shape index (κ2) is 5.36. The summed E-state index contributed by atoms with van der Waals surface area (Å²) in [5.41, 5.74) is 7.91. The highest BCUT2D eigenvalue weighted by atomic mass is 19.2. The van der Waals surface area contributed by atoms with Crippen molar-refractivity contribution in [2.24, 2.45) is 0 Å². The molecule has 0 unspecified atom stereocenters. The van der Waals surface area contributed by atoms with E-state index in [-0.39, 0.29) is 0 Å². The maximum Gasteiger partial charge on any atom is 0.159 e. The topological polar surface area (TPSA) is 61.8 Å². The summed E-state index contributed by atoms with van der Waals surface area (Å²) in [6, 6.07) is 10.5. The number of nitrogens with zero attached hydrogens (tertiary/aromatic N) is 1. The molecule has 3 N–H and O–H groups in total. The first-order valence-electron chi connectivity index (χ1n) is 5.57. The van der Waals surface area contributed by atoms with Gasteiger partial charge >= 0.3 is 0 Å². The van der Waals surface area contributed by atoms with Gasteiger partial charge in [-0.05, 0) is 35.9 Å². The zero-order valence-electron chi connectivity index (χ0n) is 9.95. The van der Waals surface area contributed by atoms with Crippen LogP contribution in [0, 0.1) is 23.0 Å². The Morgan fingerprint density at radius 2 is 1.89 bits per heavy atom. The van der Waals surface area contributed by atoms with Crippen LogP contribution < -0.4 is 11.1 Å². The van der Waals surface area contributed by atoms with Gasteiger partial charge in [0.1, 0.15) is 0 Å². The number of hydrogen-bond donors (Lipinski definition) is 2. The monoisotopic (exact) mass is 259 g/mol. The first-order valence-corrected chi connectivity index (χ1v) is 5.57. The van der Waals surface area contributed by atoms with E-state index in [0.29, 0.717) is 29.0 Å². The van der Waals surface area contributed by atoms with Crippen LogP contribution in [-0.4, -0.2) is 0 Å². The Kier molecular flexibility index (Phi) is 3.62. The fourth-order valence-electron chi connectivity index (χ4n) is 1.64. The molecule has 2 aromatic carbocycles. The molecular formula is C14H11F2N3. The number of halogens is 2. The SMILES string of the molecule is N#Cc1ccc(NCc2ccc(F)c(F)c2)c(N)c1. The summed E-state index contributed by atoms with van der Waals surface area (Å²) in [6.45, 7) is 0.313. The fraction of sp³-hybridized carbons (Fsp3) is 0.0714. The largest absolute Gasteiger partial charge is 0.397 e. The quantitative estimate of drug-likeness (QED) is 0.833. The Hall–Kier alpha value is -2.61. The third-order valence-corrected chi connectivity index (χ3v) is 2.65. The van der Waals surface area contributed by atoms with E-state index in [1.807, 2.05) is 6.07 Å². The van der Waals surface area contributed by atoms with E-state index in [1.165, 1.54) is 6.07 Å². The van der Waals surface area contributed by atoms with Gasteiger partial charge in [-0.1, -0.05) is 6.07 Å². The molecule has 0 saturated carbocycles. The van der Waals surface area contributed by atoms with Gasteiger partial charge in [0.25, 0.3) is 0 Å². The van der Waals surface area contributed by atoms with E-state index >= 15 is 0 Å². The summed E-state index contributed by atoms with van der Waals surface area (Å²) in [5, 5.41) is 11.7. The van der Waals surface area contributed by atoms with Crippen molar-refractivity contribution in [1.29, 1.82) is 5.26 Å². The highest BCUT2D eigenvalue weighted by molar-refractivity contribution is 5.68. The Morgan fingerprint density at radius 3 is 2.53 bits per heavy atom. The van der Waals surface area contributed by atoms with Gasteiger partial charge in [-0.3, -0.25) is 0 Å². The highest BCUT2D eigenvalue weighted by Crippen LogP contribution is 2.20. The molecule has 0 aliphatic heterocycles. The molecule has 0 atom stereocenters. The molecule has 0 bridgehead atoms. The average molecular weight is 259 g/mol. The second-order valence-corrected chi connectivity index (χ2v) is 4.02. The molecule has 0 radical (unpaired) electrons. The molecule has 0 fully saturated rings. The van der Waals surface area contributed by atoms with Gasteiger partial charge in [0, 0.05) is 6.54 Å². The lowest BCUT2D eigenvalue weighted by molar-refractivity contribution is 0.507. The zero-order valence-corrected chi connectivity index (χ0v) is 9.95. The Morgan fingerprint density at radius 1 is 1.11 bits per heavy atom. The summed E-state index contributed by atoms with van der Waals surface area (Å²) in [6.07, 6.45) is 0. The third kappa shape index (κ3) is 2.99. The molecule has 0 aliphatic rings. The molecule has 19 heavy (non-hydrogen) atoms. The Bertz CT molecular complexity index is 648. The first-order chi connectivity index (χ1) is 9.10. The minimum atomic E-state index is -0.882. The summed E-state index contributed by atoms with van der Waals surface area (Å²) >= 11 is 0. The van der Waals surface area contributed by atoms with Crippen molar-refractivity contribution in [3.8, 4) is 6.07 Å². The smallest absolute Gasteiger partial charge is 0.159 e. The number of nitrogens with one attached hydrogen (secondary N) is 1. The van der Waals surface area contributed by atoms with E-state index < -0.39 is 11.6 Å². The van der Waals surface area contributed by atoms with Crippen LogP contribution in [0.2, 0.25) is 0 Å². The van der Waals surface area contributed by atoms with Crippen LogP contribution in [0.3, 0.4) is 0 Å². The van der Waals surface area contributed by atoms with Gasteiger partial charge in [0.05, 0.1) is 23.0 Å². The van der Waals surface area contributed by atoms with Crippen molar-refractivity contribution in [2.45, 2.75) is 6.54 Å². The van der Waals surface area contributed by atoms with E-state index in [0.717, 1.165) is 12.1 Å². The predicted molar refractivity (Wildman–Crippen MR) is 69.3 cm³/mol. The third-order valence-electron chi connectivity index (χ3n) is 2.65. The maximum absolute atomic E-state index is 13.0. The number of anilines is 2. The van der Waals surface area contributed by atoms with Crippen molar-refractivity contribution < 1.29 is 8.78 Å². The Labute approximate surface area is 109 Å². The molecule has 2 rings (SSSR count). The van der Waals surface area contributed by atoms with Crippen LogP contribution in [0.25, 0.3) is 0 Å². The van der Waals surface area contributed by atoms with Gasteiger partial charge in [-0.2, -0.15) is 5.26 Å². The minimum Gasteiger partial charge on any atom is -0.397 e. The maximum atomic E-state index is 13.0. The van der Waals surface area contributed by atoms with Crippen LogP contribution in [0.1, 0.15) is 11.1 Å². The first kappa shape index (κ1) is 12.8. The van der Waals surface area contributed by atoms with Gasteiger partial charge < -0.3 is 11.1 Å². The van der Waals surface area contributed by atoms with Crippen LogP contribution in [0.15, 0.2) is 36.4 Å². The van der Waals surface area contributed by atoms with Gasteiger partial charge in [0.2, 0.25) is 0 Å². The molecule has 3 nitrogen and oxygen atoms in total. The molecular weight excluding hydrogens is 248 g/mol. The van der Waals surface area contributed by atoms with Crippen molar-refractivity contribution in [2.75, 3.05) is 11.1 Å². The van der Waals surface area contributed by atoms with Crippen LogP contribution in [-0.2, 0) is 6.54 Å². The average Bonchev–Trinajstić information content (AvgIpc) is 2.41. The molecule has 0 heterocycles. The number of nitrogen functional groups attached to an aromatic ring is 1. The van der Waals surface area contributed by atoms with Crippen molar-refractivity contribution in [3.63, 3.8) is 0 Å². The molecule has 5 heteroatoms. The van der Waals surface area contributed by atoms with Gasteiger partial charge in [0.15, 0.2) is 11.6 Å². The van der Waals surface area contributed by atoms with Crippen LogP contribution in [0.4, 0.5) is 20.2 Å². The van der Waals surface area contributed by atoms with Crippen LogP contribution in [0.5, 0.6) is 0 Å². The van der Waals surface area contributed by atoms with Gasteiger partial charge in [-0.25, -0.2) is 8.78 Å². The number of rotatable bonds is 3. The fourth-order valence-corrected chi connectivity index (χ4v) is 1.64. The number of hydrogen-bond acceptors (Lipinski definition) is 3. The van der Waals surface area contributed by atoms with Gasteiger partial charge in [-0.15, -0.1) is 0 Å². The minimum absolute atomic E-state index is 0.313. The van der Waals surface area contributed by atoms with E-state index in [9.17, 15) is 8.78 Å². The summed E-state index contributed by atoms with van der Waals surface area (Å²) in [7, 11) is 0. The van der Waals surface area contributed by atoms with E-state index in [2.05, 4.69) is 5.32 Å². The molecule has 0 aliphatic carbocycles. The van der Waals surface area contributed by atoms with Crippen molar-refractivity contribution in [3.05, 3.63) is 59.2 Å². The highest BCUT2D eigenvalue weighted by Gasteiger charge is 2.04. The molecule has 0 amide bonds. The predicted octanol–water partition coefficient (Wildman–Crippen LogP) is 3.03. The second-order valence-electron chi connectivity index (χ2n) is 4.02. The molecule has 2 aromatic rings. The summed E-state index contributed by atoms with van der Waals surface area (Å²) in [4.78, 5) is 0. The van der Waals surface area contributed by atoms with Crippen molar-refractivity contribution >= 4 is 11.4 Å². The lowest BCUT2D eigenvalue weighted by atomic mass is 10.1. The lowest BCUT2D eigenvalue weighted by Gasteiger charge is -2.09. The summed E-state index contributed by atoms with van der Waals surface area (Å²) in [5.74, 6) is -1.76. The van der Waals surface area contributed by atoms with E-state index in [4.69, 9.17) is 11.0 Å². The van der Waals surface area contributed by atoms with E-state index in [1.54, 1.807) is 18.2 Å². The standard InChI is InChI=1S/C14H11F2N3/c15-11-3-1-10(5-12(11)16)8-19-14-4-2-9(7-17)6-13(14)18/h1-6,19H,8,18H2. The number of nitriles is 1. The molecule has 0 saturated heterocycles. The zero-order chi connectivity index (χ0) is 13.8. The number of nitrogens with two attached hydrogens (primary N) is 1. The Balaban J connectivity index is 2.10.